The van der Waals surface area contributed by atoms with Crippen LogP contribution in [0.5, 0.6) is 11.5 Å². The van der Waals surface area contributed by atoms with Crippen LogP contribution in [-0.4, -0.2) is 37.8 Å². The van der Waals surface area contributed by atoms with Gasteiger partial charge in [-0.25, -0.2) is 0 Å². The first-order valence-corrected chi connectivity index (χ1v) is 11.1. The van der Waals surface area contributed by atoms with Crippen molar-refractivity contribution >= 4 is 18.0 Å². The largest absolute Gasteiger partial charge is 0.493 e. The summed E-state index contributed by atoms with van der Waals surface area (Å²) < 4.78 is 60.0. The molecule has 0 bridgehead atoms. The number of rotatable bonds is 11. The molecule has 0 spiro atoms. The highest BCUT2D eigenvalue weighted by Gasteiger charge is 2.30. The summed E-state index contributed by atoms with van der Waals surface area (Å²) in [4.78, 5) is 12.1. The molecule has 1 unspecified atom stereocenters. The molecular formula is C23H25F3O5S. The van der Waals surface area contributed by atoms with Gasteiger partial charge in [0.05, 0.1) is 12.2 Å². The van der Waals surface area contributed by atoms with Gasteiger partial charge >= 0.3 is 6.18 Å². The minimum atomic E-state index is -4.38. The van der Waals surface area contributed by atoms with Gasteiger partial charge < -0.3 is 23.7 Å². The lowest BCUT2D eigenvalue weighted by molar-refractivity contribution is -0.380. The van der Waals surface area contributed by atoms with Crippen molar-refractivity contribution in [2.75, 3.05) is 19.0 Å². The van der Waals surface area contributed by atoms with E-state index < -0.39 is 11.7 Å². The molecule has 1 aliphatic heterocycles. The van der Waals surface area contributed by atoms with Gasteiger partial charge in [-0.3, -0.25) is 0 Å². The highest BCUT2D eigenvalue weighted by Crippen LogP contribution is 2.31. The smallest absolute Gasteiger partial charge is 0.416 e. The maximum atomic E-state index is 12.7. The fourth-order valence-corrected chi connectivity index (χ4v) is 4.12. The van der Waals surface area contributed by atoms with Crippen LogP contribution in [0.1, 0.15) is 24.5 Å². The highest BCUT2D eigenvalue weighted by molar-refractivity contribution is 7.99. The lowest BCUT2D eigenvalue weighted by Gasteiger charge is -2.33. The molecule has 1 heterocycles. The predicted octanol–water partition coefficient (Wildman–Crippen LogP) is 5.49. The van der Waals surface area contributed by atoms with E-state index in [0.29, 0.717) is 24.5 Å². The molecule has 0 aromatic heterocycles. The Bertz CT molecular complexity index is 882. The molecule has 1 atom stereocenters. The topological polar surface area (TPSA) is 54.0 Å². The lowest BCUT2D eigenvalue weighted by Crippen LogP contribution is -2.42. The molecule has 0 aliphatic carbocycles. The first kappa shape index (κ1) is 24.4. The fraction of sp³-hybridized carbons (Fsp3) is 0.435. The fourth-order valence-electron chi connectivity index (χ4n) is 3.04. The lowest BCUT2D eigenvalue weighted by atomic mass is 10.1. The summed E-state index contributed by atoms with van der Waals surface area (Å²) in [6.07, 6.45) is -3.79. The molecule has 1 aliphatic rings. The monoisotopic (exact) mass is 470 g/mol. The van der Waals surface area contributed by atoms with Gasteiger partial charge in [0.15, 0.2) is 12.6 Å². The molecule has 0 saturated carbocycles. The second-order valence-electron chi connectivity index (χ2n) is 7.42. The summed E-state index contributed by atoms with van der Waals surface area (Å²) in [6.45, 7) is 4.32. The SMILES string of the molecule is Cc1cc(SCC(CC=O)COc2ccc(C(F)(F)F)cc2)ccc1OCC1OC(C)O1. The molecule has 174 valence electrons. The number of hydrogen-bond donors (Lipinski definition) is 0. The van der Waals surface area contributed by atoms with E-state index in [2.05, 4.69) is 0 Å². The van der Waals surface area contributed by atoms with Gasteiger partial charge in [-0.15, -0.1) is 11.8 Å². The van der Waals surface area contributed by atoms with Crippen LogP contribution in [0.3, 0.4) is 0 Å². The van der Waals surface area contributed by atoms with Crippen LogP contribution >= 0.6 is 11.8 Å². The number of ether oxygens (including phenoxy) is 4. The third-order valence-electron chi connectivity index (χ3n) is 4.79. The van der Waals surface area contributed by atoms with Crippen molar-refractivity contribution in [3.05, 3.63) is 53.6 Å². The van der Waals surface area contributed by atoms with Crippen molar-refractivity contribution in [1.82, 2.24) is 0 Å². The van der Waals surface area contributed by atoms with Gasteiger partial charge in [0.25, 0.3) is 0 Å². The third-order valence-corrected chi connectivity index (χ3v) is 6.02. The second-order valence-corrected chi connectivity index (χ2v) is 8.51. The molecule has 2 aromatic carbocycles. The second kappa shape index (κ2) is 11.1. The minimum Gasteiger partial charge on any atom is -0.493 e. The van der Waals surface area contributed by atoms with Crippen LogP contribution < -0.4 is 9.47 Å². The Morgan fingerprint density at radius 1 is 1.12 bits per heavy atom. The van der Waals surface area contributed by atoms with Crippen molar-refractivity contribution in [3.8, 4) is 11.5 Å². The first-order chi connectivity index (χ1) is 15.2. The van der Waals surface area contributed by atoms with Crippen molar-refractivity contribution in [1.29, 1.82) is 0 Å². The van der Waals surface area contributed by atoms with Crippen LogP contribution in [0.25, 0.3) is 0 Å². The maximum Gasteiger partial charge on any atom is 0.416 e. The van der Waals surface area contributed by atoms with Crippen LogP contribution in [0.4, 0.5) is 13.2 Å². The molecule has 32 heavy (non-hydrogen) atoms. The average molecular weight is 471 g/mol. The van der Waals surface area contributed by atoms with Crippen LogP contribution in [0.2, 0.25) is 0 Å². The third kappa shape index (κ3) is 7.15. The van der Waals surface area contributed by atoms with Gasteiger partial charge in [0.2, 0.25) is 0 Å². The predicted molar refractivity (Wildman–Crippen MR) is 114 cm³/mol. The summed E-state index contributed by atoms with van der Waals surface area (Å²) in [7, 11) is 0. The van der Waals surface area contributed by atoms with Crippen LogP contribution in [0.15, 0.2) is 47.4 Å². The Morgan fingerprint density at radius 3 is 2.44 bits per heavy atom. The summed E-state index contributed by atoms with van der Waals surface area (Å²) in [5.41, 5.74) is 0.241. The Balaban J connectivity index is 1.48. The summed E-state index contributed by atoms with van der Waals surface area (Å²) in [6, 6.07) is 10.4. The number of carbonyl (C=O) groups excluding carboxylic acids is 1. The van der Waals surface area contributed by atoms with Gasteiger partial charge in [0.1, 0.15) is 24.4 Å². The van der Waals surface area contributed by atoms with E-state index in [1.165, 1.54) is 12.1 Å². The molecule has 2 aromatic rings. The van der Waals surface area contributed by atoms with Gasteiger partial charge in [0, 0.05) is 23.0 Å². The molecule has 0 amide bonds. The van der Waals surface area contributed by atoms with E-state index in [9.17, 15) is 18.0 Å². The number of aldehydes is 1. The number of thioether (sulfide) groups is 1. The molecule has 1 fully saturated rings. The molecule has 1 saturated heterocycles. The summed E-state index contributed by atoms with van der Waals surface area (Å²) >= 11 is 1.58. The van der Waals surface area contributed by atoms with Crippen molar-refractivity contribution in [3.63, 3.8) is 0 Å². The number of hydrogen-bond acceptors (Lipinski definition) is 6. The zero-order chi connectivity index (χ0) is 23.1. The van der Waals surface area contributed by atoms with Gasteiger partial charge in [-0.05, 0) is 61.9 Å². The molecular weight excluding hydrogens is 445 g/mol. The Hall–Kier alpha value is -2.23. The zero-order valence-electron chi connectivity index (χ0n) is 17.8. The van der Waals surface area contributed by atoms with Crippen molar-refractivity contribution in [2.24, 2.45) is 5.92 Å². The number of halogens is 3. The maximum absolute atomic E-state index is 12.7. The molecule has 5 nitrogen and oxygen atoms in total. The van der Waals surface area contributed by atoms with E-state index in [1.807, 2.05) is 32.0 Å². The van der Waals surface area contributed by atoms with Crippen LogP contribution in [-0.2, 0) is 20.4 Å². The average Bonchev–Trinajstić information content (AvgIpc) is 2.73. The standard InChI is InChI=1S/C23H25F3O5S/c1-15-11-20(7-8-21(15)29-13-22-30-16(2)31-22)32-14-17(9-10-27)12-28-19-5-3-18(4-6-19)23(24,25)26/h3-8,10-11,16-17,22H,9,12-14H2,1-2H3. The zero-order valence-corrected chi connectivity index (χ0v) is 18.6. The first-order valence-electron chi connectivity index (χ1n) is 10.2. The van der Waals surface area contributed by atoms with Crippen LogP contribution in [0, 0.1) is 12.8 Å². The molecule has 0 radical (unpaired) electrons. The van der Waals surface area contributed by atoms with E-state index >= 15 is 0 Å². The molecule has 3 rings (SSSR count). The van der Waals surface area contributed by atoms with Gasteiger partial charge in [-0.2, -0.15) is 13.2 Å². The van der Waals surface area contributed by atoms with E-state index in [1.54, 1.807) is 11.8 Å². The van der Waals surface area contributed by atoms with Crippen molar-refractivity contribution in [2.45, 2.75) is 43.9 Å². The summed E-state index contributed by atoms with van der Waals surface area (Å²) in [5, 5.41) is 0. The minimum absolute atomic E-state index is 0.0778. The quantitative estimate of drug-likeness (QED) is 0.320. The van der Waals surface area contributed by atoms with E-state index in [0.717, 1.165) is 34.6 Å². The molecule has 9 heteroatoms. The number of benzene rings is 2. The number of carbonyl (C=O) groups is 1. The number of alkyl halides is 3. The highest BCUT2D eigenvalue weighted by atomic mass is 32.2. The van der Waals surface area contributed by atoms with Crippen molar-refractivity contribution < 1.29 is 36.9 Å². The molecule has 0 N–H and O–H groups in total. The van der Waals surface area contributed by atoms with E-state index in [-0.39, 0.29) is 25.1 Å². The Kier molecular flexibility index (Phi) is 8.44. The normalized spacial score (nSPS) is 19.2. The Labute approximate surface area is 189 Å². The van der Waals surface area contributed by atoms with Gasteiger partial charge in [-0.1, -0.05) is 0 Å². The number of aryl methyl sites for hydroxylation is 1. The summed E-state index contributed by atoms with van der Waals surface area (Å²) in [5.74, 6) is 1.63. The Morgan fingerprint density at radius 2 is 1.84 bits per heavy atom. The van der Waals surface area contributed by atoms with E-state index in [4.69, 9.17) is 18.9 Å².